The largest absolute Gasteiger partial charge is 0.375 e. The predicted molar refractivity (Wildman–Crippen MR) is 100 cm³/mol. The van der Waals surface area contributed by atoms with Crippen LogP contribution in [0.25, 0.3) is 0 Å². The average molecular weight is 393 g/mol. The van der Waals surface area contributed by atoms with Crippen LogP contribution in [0.3, 0.4) is 0 Å². The fourth-order valence-electron chi connectivity index (χ4n) is 3.65. The number of nitrogens with zero attached hydrogens (tertiary/aromatic N) is 1. The highest BCUT2D eigenvalue weighted by Crippen LogP contribution is 2.38. The van der Waals surface area contributed by atoms with Crippen molar-refractivity contribution < 1.29 is 17.9 Å². The molecule has 1 aromatic heterocycles. The molecule has 1 unspecified atom stereocenters. The quantitative estimate of drug-likeness (QED) is 0.818. The van der Waals surface area contributed by atoms with Gasteiger partial charge in [0.05, 0.1) is 16.7 Å². The van der Waals surface area contributed by atoms with E-state index in [-0.39, 0.29) is 23.5 Å². The Bertz CT molecular complexity index is 938. The first-order chi connectivity index (χ1) is 12.5. The fourth-order valence-corrected chi connectivity index (χ4v) is 5.48. The van der Waals surface area contributed by atoms with Crippen molar-refractivity contribution in [3.05, 3.63) is 45.6 Å². The minimum Gasteiger partial charge on any atom is -0.375 e. The molecule has 2 aliphatic rings. The van der Waals surface area contributed by atoms with E-state index in [4.69, 9.17) is 4.74 Å². The molecule has 8 heteroatoms. The third-order valence-electron chi connectivity index (χ3n) is 4.99. The lowest BCUT2D eigenvalue weighted by Gasteiger charge is -2.25. The van der Waals surface area contributed by atoms with Crippen molar-refractivity contribution in [1.82, 2.24) is 4.72 Å². The van der Waals surface area contributed by atoms with Crippen LogP contribution in [0.2, 0.25) is 0 Å². The normalized spacial score (nSPS) is 17.4. The molecule has 0 fully saturated rings. The van der Waals surface area contributed by atoms with Gasteiger partial charge in [0.2, 0.25) is 15.9 Å². The number of hydrogen-bond acceptors (Lipinski definition) is 5. The third-order valence-corrected chi connectivity index (χ3v) is 7.10. The molecule has 138 valence electrons. The summed E-state index contributed by atoms with van der Waals surface area (Å²) in [6.45, 7) is 0.814. The number of rotatable bonds is 6. The van der Waals surface area contributed by atoms with Crippen molar-refractivity contribution in [2.45, 2.75) is 30.3 Å². The van der Waals surface area contributed by atoms with Gasteiger partial charge in [-0.15, -0.1) is 0 Å². The molecule has 2 aliphatic heterocycles. The van der Waals surface area contributed by atoms with Gasteiger partial charge in [0.1, 0.15) is 0 Å². The number of carbonyl (C=O) groups is 1. The zero-order valence-corrected chi connectivity index (χ0v) is 16.0. The summed E-state index contributed by atoms with van der Waals surface area (Å²) in [5.41, 5.74) is 3.77. The van der Waals surface area contributed by atoms with E-state index in [0.717, 1.165) is 22.4 Å². The molecule has 1 aromatic carbocycles. The Balaban J connectivity index is 1.58. The number of anilines is 1. The smallest absolute Gasteiger partial charge is 0.240 e. The van der Waals surface area contributed by atoms with Gasteiger partial charge >= 0.3 is 0 Å². The van der Waals surface area contributed by atoms with Gasteiger partial charge in [-0.25, -0.2) is 13.1 Å². The van der Waals surface area contributed by atoms with Crippen LogP contribution in [0.4, 0.5) is 5.69 Å². The second-order valence-corrected chi connectivity index (χ2v) is 9.07. The first kappa shape index (κ1) is 17.7. The molecule has 0 bridgehead atoms. The zero-order valence-electron chi connectivity index (χ0n) is 14.4. The van der Waals surface area contributed by atoms with Gasteiger partial charge in [-0.1, -0.05) is 0 Å². The summed E-state index contributed by atoms with van der Waals surface area (Å²) in [5, 5.41) is 3.89. The topological polar surface area (TPSA) is 75.7 Å². The van der Waals surface area contributed by atoms with Crippen molar-refractivity contribution in [2.24, 2.45) is 0 Å². The summed E-state index contributed by atoms with van der Waals surface area (Å²) in [6.07, 6.45) is 1.41. The number of amides is 1. The fraction of sp³-hybridized carbons (Fsp3) is 0.389. The molecule has 1 N–H and O–H groups in total. The van der Waals surface area contributed by atoms with E-state index >= 15 is 0 Å². The van der Waals surface area contributed by atoms with Crippen LogP contribution in [0, 0.1) is 0 Å². The molecule has 2 aromatic rings. The first-order valence-corrected chi connectivity index (χ1v) is 10.9. The monoisotopic (exact) mass is 392 g/mol. The molecular weight excluding hydrogens is 372 g/mol. The van der Waals surface area contributed by atoms with Crippen LogP contribution in [0.15, 0.2) is 33.9 Å². The Morgan fingerprint density at radius 1 is 1.27 bits per heavy atom. The Morgan fingerprint density at radius 3 is 2.73 bits per heavy atom. The van der Waals surface area contributed by atoms with Crippen molar-refractivity contribution in [1.29, 1.82) is 0 Å². The number of carbonyl (C=O) groups excluding carboxylic acids is 1. The van der Waals surface area contributed by atoms with Crippen LogP contribution in [-0.2, 0) is 32.4 Å². The Morgan fingerprint density at radius 2 is 2.04 bits per heavy atom. The Hall–Kier alpha value is -1.74. The molecule has 1 amide bonds. The van der Waals surface area contributed by atoms with E-state index in [9.17, 15) is 13.2 Å². The minimum atomic E-state index is -3.65. The molecule has 1 atom stereocenters. The van der Waals surface area contributed by atoms with Crippen LogP contribution < -0.4 is 9.62 Å². The number of ether oxygens (including phenoxy) is 1. The highest BCUT2D eigenvalue weighted by molar-refractivity contribution is 7.89. The maximum absolute atomic E-state index is 12.8. The summed E-state index contributed by atoms with van der Waals surface area (Å²) in [7, 11) is -2.08. The number of thiophene rings is 1. The molecule has 0 spiro atoms. The van der Waals surface area contributed by atoms with Crippen molar-refractivity contribution in [3.63, 3.8) is 0 Å². The van der Waals surface area contributed by atoms with Gasteiger partial charge in [0.25, 0.3) is 0 Å². The van der Waals surface area contributed by atoms with Crippen molar-refractivity contribution in [3.8, 4) is 0 Å². The van der Waals surface area contributed by atoms with Crippen LogP contribution >= 0.6 is 11.3 Å². The SMILES string of the molecule is COC(CNS(=O)(=O)c1cc2c3c(c1)CCN3C(=O)CC2)c1ccsc1. The number of aryl methyl sites for hydroxylation is 1. The van der Waals surface area contributed by atoms with Gasteiger partial charge in [-0.3, -0.25) is 4.79 Å². The lowest BCUT2D eigenvalue weighted by atomic mass is 10.00. The highest BCUT2D eigenvalue weighted by atomic mass is 32.2. The number of nitrogens with one attached hydrogen (secondary N) is 1. The predicted octanol–water partition coefficient (Wildman–Crippen LogP) is 2.25. The summed E-state index contributed by atoms with van der Waals surface area (Å²) in [5.74, 6) is 0.128. The molecule has 26 heavy (non-hydrogen) atoms. The molecule has 6 nitrogen and oxygen atoms in total. The number of methoxy groups -OCH3 is 1. The van der Waals surface area contributed by atoms with Gasteiger partial charge in [-0.2, -0.15) is 11.3 Å². The molecule has 0 radical (unpaired) electrons. The molecule has 0 aliphatic carbocycles. The Labute approximate surface area is 156 Å². The number of benzene rings is 1. The minimum absolute atomic E-state index is 0.128. The molecule has 0 saturated heterocycles. The molecule has 3 heterocycles. The van der Waals surface area contributed by atoms with E-state index in [0.29, 0.717) is 25.8 Å². The maximum Gasteiger partial charge on any atom is 0.240 e. The van der Waals surface area contributed by atoms with E-state index in [2.05, 4.69) is 4.72 Å². The van der Waals surface area contributed by atoms with Crippen molar-refractivity contribution >= 4 is 33.0 Å². The zero-order chi connectivity index (χ0) is 18.3. The average Bonchev–Trinajstić information content (AvgIpc) is 3.29. The van der Waals surface area contributed by atoms with Gasteiger partial charge in [-0.05, 0) is 58.5 Å². The highest BCUT2D eigenvalue weighted by Gasteiger charge is 2.33. The first-order valence-electron chi connectivity index (χ1n) is 8.50. The second-order valence-electron chi connectivity index (χ2n) is 6.52. The third kappa shape index (κ3) is 3.07. The maximum atomic E-state index is 12.8. The molecular formula is C18H20N2O4S2. The molecule has 4 rings (SSSR count). The van der Waals surface area contributed by atoms with Gasteiger partial charge in [0.15, 0.2) is 0 Å². The van der Waals surface area contributed by atoms with Crippen LogP contribution in [-0.4, -0.2) is 34.5 Å². The summed E-state index contributed by atoms with van der Waals surface area (Å²) in [6, 6.07) is 5.34. The number of hydrogen-bond donors (Lipinski definition) is 1. The van der Waals surface area contributed by atoms with Gasteiger partial charge < -0.3 is 9.64 Å². The summed E-state index contributed by atoms with van der Waals surface area (Å²) in [4.78, 5) is 14.1. The van der Waals surface area contributed by atoms with E-state index < -0.39 is 10.0 Å². The lowest BCUT2D eigenvalue weighted by molar-refractivity contribution is -0.118. The molecule has 0 saturated carbocycles. The van der Waals surface area contributed by atoms with E-state index in [1.54, 1.807) is 35.5 Å². The van der Waals surface area contributed by atoms with Gasteiger partial charge in [0, 0.05) is 26.6 Å². The van der Waals surface area contributed by atoms with Crippen molar-refractivity contribution in [2.75, 3.05) is 25.1 Å². The summed E-state index contributed by atoms with van der Waals surface area (Å²) >= 11 is 1.55. The summed E-state index contributed by atoms with van der Waals surface area (Å²) < 4.78 is 33.7. The number of sulfonamides is 1. The van der Waals surface area contributed by atoms with Crippen LogP contribution in [0.1, 0.15) is 29.2 Å². The second kappa shape index (κ2) is 6.77. The Kier molecular flexibility index (Phi) is 4.60. The van der Waals surface area contributed by atoms with E-state index in [1.807, 2.05) is 16.8 Å². The lowest BCUT2D eigenvalue weighted by Crippen LogP contribution is -2.33. The van der Waals surface area contributed by atoms with E-state index in [1.165, 1.54) is 0 Å². The standard InChI is InChI=1S/C18H20N2O4S2/c1-24-16(14-5-7-25-11-14)10-19-26(22,23)15-8-12-2-3-17(21)20-6-4-13(9-15)18(12)20/h5,7-9,11,16,19H,2-4,6,10H2,1H3. The van der Waals surface area contributed by atoms with Crippen LogP contribution in [0.5, 0.6) is 0 Å².